The van der Waals surface area contributed by atoms with Crippen LogP contribution in [0.2, 0.25) is 0 Å². The second kappa shape index (κ2) is 7.74. The Morgan fingerprint density at radius 1 is 1.27 bits per heavy atom. The predicted molar refractivity (Wildman–Crippen MR) is 100.0 cm³/mol. The van der Waals surface area contributed by atoms with Gasteiger partial charge in [0.1, 0.15) is 0 Å². The summed E-state index contributed by atoms with van der Waals surface area (Å²) in [6, 6.07) is 8.84. The number of rotatable bonds is 7. The summed E-state index contributed by atoms with van der Waals surface area (Å²) in [6.07, 6.45) is 1.61. The van der Waals surface area contributed by atoms with Crippen LogP contribution in [0.25, 0.3) is 11.6 Å². The van der Waals surface area contributed by atoms with Gasteiger partial charge in [-0.2, -0.15) is 0 Å². The van der Waals surface area contributed by atoms with Crippen molar-refractivity contribution in [3.63, 3.8) is 0 Å². The van der Waals surface area contributed by atoms with Gasteiger partial charge in [-0.05, 0) is 30.5 Å². The number of furan rings is 1. The molecule has 0 atom stereocenters. The van der Waals surface area contributed by atoms with Crippen LogP contribution in [0.1, 0.15) is 25.0 Å². The minimum atomic E-state index is -0.347. The molecule has 0 N–H and O–H groups in total. The van der Waals surface area contributed by atoms with Crippen molar-refractivity contribution in [2.24, 2.45) is 5.92 Å². The molecule has 2 aromatic heterocycles. The summed E-state index contributed by atoms with van der Waals surface area (Å²) >= 11 is 1.52. The summed E-state index contributed by atoms with van der Waals surface area (Å²) in [5.74, 6) is 2.37. The van der Waals surface area contributed by atoms with Crippen molar-refractivity contribution < 1.29 is 9.34 Å². The van der Waals surface area contributed by atoms with Crippen LogP contribution >= 0.6 is 11.8 Å². The number of aromatic nitrogens is 3. The highest BCUT2D eigenvalue weighted by atomic mass is 32.2. The molecule has 0 saturated carbocycles. The van der Waals surface area contributed by atoms with E-state index in [1.807, 2.05) is 22.8 Å². The van der Waals surface area contributed by atoms with Crippen molar-refractivity contribution in [3.8, 4) is 11.6 Å². The fourth-order valence-corrected chi connectivity index (χ4v) is 3.69. The highest BCUT2D eigenvalue weighted by Gasteiger charge is 2.19. The third-order valence-electron chi connectivity index (χ3n) is 3.98. The lowest BCUT2D eigenvalue weighted by atomic mass is 10.1. The van der Waals surface area contributed by atoms with Crippen molar-refractivity contribution >= 4 is 17.4 Å². The summed E-state index contributed by atoms with van der Waals surface area (Å²) in [5.41, 5.74) is 1.75. The Balaban J connectivity index is 1.87. The van der Waals surface area contributed by atoms with Crippen LogP contribution in [0.4, 0.5) is 5.69 Å². The third-order valence-corrected chi connectivity index (χ3v) is 4.99. The van der Waals surface area contributed by atoms with E-state index in [0.717, 1.165) is 17.3 Å². The van der Waals surface area contributed by atoms with Crippen LogP contribution in [-0.2, 0) is 12.3 Å². The molecule has 1 aromatic carbocycles. The van der Waals surface area contributed by atoms with E-state index in [9.17, 15) is 10.1 Å². The molecule has 0 aliphatic rings. The van der Waals surface area contributed by atoms with Crippen LogP contribution in [-0.4, -0.2) is 19.7 Å². The molecule has 136 valence electrons. The topological polar surface area (TPSA) is 87.0 Å². The maximum atomic E-state index is 11.1. The maximum absolute atomic E-state index is 11.1. The van der Waals surface area contributed by atoms with Gasteiger partial charge in [0.05, 0.1) is 11.2 Å². The summed E-state index contributed by atoms with van der Waals surface area (Å²) in [7, 11) is 0. The zero-order chi connectivity index (χ0) is 18.7. The SMILES string of the molecule is Cc1c(CSc2nnc(-c3ccco3)n2CC(C)C)cccc1[N+](=O)[O-]. The molecule has 3 rings (SSSR count). The second-order valence-electron chi connectivity index (χ2n) is 6.39. The Kier molecular flexibility index (Phi) is 5.41. The lowest BCUT2D eigenvalue weighted by molar-refractivity contribution is -0.385. The molecule has 8 heteroatoms. The standard InChI is InChI=1S/C18H20N4O3S/c1-12(2)10-21-17(16-8-5-9-25-16)19-20-18(21)26-11-14-6-4-7-15(13(14)3)22(23)24/h4-9,12H,10-11H2,1-3H3. The zero-order valence-electron chi connectivity index (χ0n) is 14.9. The zero-order valence-corrected chi connectivity index (χ0v) is 15.7. The summed E-state index contributed by atoms with van der Waals surface area (Å²) in [6.45, 7) is 6.80. The van der Waals surface area contributed by atoms with Gasteiger partial charge in [-0.15, -0.1) is 10.2 Å². The van der Waals surface area contributed by atoms with E-state index < -0.39 is 0 Å². The number of nitrogens with zero attached hydrogens (tertiary/aromatic N) is 4. The molecule has 0 radical (unpaired) electrons. The van der Waals surface area contributed by atoms with E-state index in [1.165, 1.54) is 17.8 Å². The van der Waals surface area contributed by atoms with E-state index in [0.29, 0.717) is 28.8 Å². The van der Waals surface area contributed by atoms with E-state index >= 15 is 0 Å². The van der Waals surface area contributed by atoms with E-state index in [1.54, 1.807) is 19.3 Å². The number of benzene rings is 1. The molecular formula is C18H20N4O3S. The Morgan fingerprint density at radius 3 is 2.73 bits per heavy atom. The number of nitro groups is 1. The first-order valence-corrected chi connectivity index (χ1v) is 9.28. The summed E-state index contributed by atoms with van der Waals surface area (Å²) in [5, 5.41) is 20.5. The third kappa shape index (κ3) is 3.80. The molecule has 0 saturated heterocycles. The highest BCUT2D eigenvalue weighted by Crippen LogP contribution is 2.30. The van der Waals surface area contributed by atoms with Crippen LogP contribution in [0.15, 0.2) is 46.2 Å². The summed E-state index contributed by atoms with van der Waals surface area (Å²) in [4.78, 5) is 10.8. The van der Waals surface area contributed by atoms with Gasteiger partial charge in [-0.1, -0.05) is 37.7 Å². The quantitative estimate of drug-likeness (QED) is 0.339. The molecule has 0 bridgehead atoms. The predicted octanol–water partition coefficient (Wildman–Crippen LogP) is 4.70. The Morgan fingerprint density at radius 2 is 2.08 bits per heavy atom. The minimum absolute atomic E-state index is 0.142. The van der Waals surface area contributed by atoms with Gasteiger partial charge in [0.2, 0.25) is 0 Å². The van der Waals surface area contributed by atoms with Gasteiger partial charge in [0.25, 0.3) is 5.69 Å². The Bertz CT molecular complexity index is 903. The average molecular weight is 372 g/mol. The summed E-state index contributed by atoms with van der Waals surface area (Å²) < 4.78 is 7.51. The van der Waals surface area contributed by atoms with Crippen molar-refractivity contribution in [2.45, 2.75) is 38.2 Å². The van der Waals surface area contributed by atoms with Crippen LogP contribution in [0.5, 0.6) is 0 Å². The smallest absolute Gasteiger partial charge is 0.272 e. The van der Waals surface area contributed by atoms with Gasteiger partial charge in [0.15, 0.2) is 16.7 Å². The van der Waals surface area contributed by atoms with Gasteiger partial charge < -0.3 is 4.42 Å². The molecular weight excluding hydrogens is 352 g/mol. The minimum Gasteiger partial charge on any atom is -0.461 e. The highest BCUT2D eigenvalue weighted by molar-refractivity contribution is 7.98. The molecule has 2 heterocycles. The molecule has 0 amide bonds. The van der Waals surface area contributed by atoms with Crippen molar-refractivity contribution in [3.05, 3.63) is 57.8 Å². The molecule has 0 aliphatic heterocycles. The Labute approximate surface area is 155 Å². The normalized spacial score (nSPS) is 11.2. The number of hydrogen-bond acceptors (Lipinski definition) is 6. The van der Waals surface area contributed by atoms with Gasteiger partial charge in [-0.3, -0.25) is 14.7 Å². The van der Waals surface area contributed by atoms with Gasteiger partial charge in [0, 0.05) is 23.9 Å². The molecule has 0 fully saturated rings. The number of hydrogen-bond donors (Lipinski definition) is 0. The first kappa shape index (κ1) is 18.2. The second-order valence-corrected chi connectivity index (χ2v) is 7.34. The number of nitro benzene ring substituents is 1. The fourth-order valence-electron chi connectivity index (χ4n) is 2.68. The van der Waals surface area contributed by atoms with E-state index in [2.05, 4.69) is 24.0 Å². The molecule has 26 heavy (non-hydrogen) atoms. The molecule has 0 spiro atoms. The van der Waals surface area contributed by atoms with Crippen molar-refractivity contribution in [1.29, 1.82) is 0 Å². The van der Waals surface area contributed by atoms with E-state index in [-0.39, 0.29) is 10.6 Å². The fraction of sp³-hybridized carbons (Fsp3) is 0.333. The first-order valence-electron chi connectivity index (χ1n) is 8.30. The lowest BCUT2D eigenvalue weighted by Gasteiger charge is -2.12. The lowest BCUT2D eigenvalue weighted by Crippen LogP contribution is -2.07. The molecule has 7 nitrogen and oxygen atoms in total. The van der Waals surface area contributed by atoms with Gasteiger partial charge in [-0.25, -0.2) is 0 Å². The van der Waals surface area contributed by atoms with Crippen molar-refractivity contribution in [2.75, 3.05) is 0 Å². The molecule has 3 aromatic rings. The largest absolute Gasteiger partial charge is 0.461 e. The monoisotopic (exact) mass is 372 g/mol. The maximum Gasteiger partial charge on any atom is 0.272 e. The average Bonchev–Trinajstić information content (AvgIpc) is 3.23. The van der Waals surface area contributed by atoms with Crippen LogP contribution < -0.4 is 0 Å². The van der Waals surface area contributed by atoms with Crippen LogP contribution in [0, 0.1) is 23.0 Å². The molecule has 0 unspecified atom stereocenters. The first-order chi connectivity index (χ1) is 12.5. The number of thioether (sulfide) groups is 1. The van der Waals surface area contributed by atoms with Crippen LogP contribution in [0.3, 0.4) is 0 Å². The molecule has 0 aliphatic carbocycles. The van der Waals surface area contributed by atoms with Gasteiger partial charge >= 0.3 is 0 Å². The van der Waals surface area contributed by atoms with Crippen molar-refractivity contribution in [1.82, 2.24) is 14.8 Å². The Hall–Kier alpha value is -2.61. The van der Waals surface area contributed by atoms with E-state index in [4.69, 9.17) is 4.42 Å².